The summed E-state index contributed by atoms with van der Waals surface area (Å²) < 4.78 is 27.8. The number of aryl methyl sites for hydroxylation is 2. The topological polar surface area (TPSA) is 67.2 Å². The van der Waals surface area contributed by atoms with Crippen LogP contribution in [0, 0.1) is 6.92 Å². The molecule has 1 fully saturated rings. The van der Waals surface area contributed by atoms with E-state index in [9.17, 15) is 18.4 Å². The standard InChI is InChI=1S/C33H34F2N4O2S/c1-5-22-7-6-21(4)17-28(22)39-29(16-20(2)3)25(32(40)38-14-12-36-13-15-38)18-26(33(39)41)31-37-27(19-42-31)23-8-10-24(11-9-23)30(34)35/h6-11,16-19,30,36H,5,12-15H2,1-4H3. The lowest BCUT2D eigenvalue weighted by Gasteiger charge is -2.29. The molecule has 0 atom stereocenters. The number of carbonyl (C=O) groups excluding carboxylic acids is 1. The summed E-state index contributed by atoms with van der Waals surface area (Å²) in [5.41, 5.74) is 5.92. The zero-order valence-corrected chi connectivity index (χ0v) is 25.0. The van der Waals surface area contributed by atoms with E-state index in [1.165, 1.54) is 23.5 Å². The molecule has 2 aromatic heterocycles. The molecule has 3 heterocycles. The Morgan fingerprint density at radius 1 is 1.10 bits per heavy atom. The largest absolute Gasteiger partial charge is 0.336 e. The van der Waals surface area contributed by atoms with E-state index >= 15 is 0 Å². The van der Waals surface area contributed by atoms with Crippen LogP contribution in [-0.4, -0.2) is 46.5 Å². The molecule has 9 heteroatoms. The van der Waals surface area contributed by atoms with E-state index < -0.39 is 6.43 Å². The van der Waals surface area contributed by atoms with E-state index in [0.29, 0.717) is 65.7 Å². The van der Waals surface area contributed by atoms with E-state index in [0.717, 1.165) is 22.4 Å². The molecule has 1 N–H and O–H groups in total. The summed E-state index contributed by atoms with van der Waals surface area (Å²) in [5.74, 6) is -0.135. The van der Waals surface area contributed by atoms with Gasteiger partial charge in [0.15, 0.2) is 0 Å². The Balaban J connectivity index is 1.76. The Hall–Kier alpha value is -3.95. The minimum atomic E-state index is -2.55. The number of benzene rings is 2. The van der Waals surface area contributed by atoms with Gasteiger partial charge in [0.1, 0.15) is 5.01 Å². The van der Waals surface area contributed by atoms with E-state index in [-0.39, 0.29) is 17.0 Å². The molecule has 6 nitrogen and oxygen atoms in total. The average Bonchev–Trinajstić information content (AvgIpc) is 3.47. The number of carbonyl (C=O) groups is 1. The molecule has 1 saturated heterocycles. The van der Waals surface area contributed by atoms with Crippen molar-refractivity contribution in [2.75, 3.05) is 26.2 Å². The van der Waals surface area contributed by atoms with Crippen molar-refractivity contribution >= 4 is 23.3 Å². The molecule has 1 aliphatic heterocycles. The number of aromatic nitrogens is 2. The second-order valence-electron chi connectivity index (χ2n) is 10.7. The van der Waals surface area contributed by atoms with Crippen molar-refractivity contribution in [1.82, 2.24) is 19.8 Å². The van der Waals surface area contributed by atoms with Crippen LogP contribution >= 0.6 is 11.3 Å². The van der Waals surface area contributed by atoms with Crippen LogP contribution in [0.4, 0.5) is 8.78 Å². The highest BCUT2D eigenvalue weighted by Gasteiger charge is 2.27. The van der Waals surface area contributed by atoms with Crippen molar-refractivity contribution in [2.45, 2.75) is 40.5 Å². The number of nitrogens with one attached hydrogen (secondary N) is 1. The van der Waals surface area contributed by atoms with E-state index in [1.807, 2.05) is 62.3 Å². The third-order valence-electron chi connectivity index (χ3n) is 7.35. The number of hydrogen-bond donors (Lipinski definition) is 1. The number of rotatable bonds is 7. The lowest BCUT2D eigenvalue weighted by molar-refractivity contribution is 0.0735. The number of alkyl halides is 2. The zero-order chi connectivity index (χ0) is 30.0. The van der Waals surface area contributed by atoms with Crippen LogP contribution in [0.25, 0.3) is 33.6 Å². The first kappa shape index (κ1) is 29.5. The maximum Gasteiger partial charge on any atom is 0.265 e. The number of hydrogen-bond acceptors (Lipinski definition) is 5. The minimum absolute atomic E-state index is 0.0621. The molecular weight excluding hydrogens is 554 g/mol. The van der Waals surface area contributed by atoms with Crippen molar-refractivity contribution in [3.05, 3.63) is 97.8 Å². The van der Waals surface area contributed by atoms with Crippen LogP contribution in [0.2, 0.25) is 0 Å². The van der Waals surface area contributed by atoms with Crippen molar-refractivity contribution in [3.8, 4) is 27.5 Å². The Labute approximate surface area is 248 Å². The summed E-state index contributed by atoms with van der Waals surface area (Å²) >= 11 is 1.29. The molecule has 4 aromatic rings. The minimum Gasteiger partial charge on any atom is -0.336 e. The fraction of sp³-hybridized carbons (Fsp3) is 0.303. The van der Waals surface area contributed by atoms with Gasteiger partial charge in [0.2, 0.25) is 0 Å². The number of nitrogens with zero attached hydrogens (tertiary/aromatic N) is 3. The fourth-order valence-corrected chi connectivity index (χ4v) is 5.99. The molecule has 0 unspecified atom stereocenters. The van der Waals surface area contributed by atoms with Gasteiger partial charge < -0.3 is 10.2 Å². The summed E-state index contributed by atoms with van der Waals surface area (Å²) in [6.45, 7) is 10.5. The van der Waals surface area contributed by atoms with Crippen LogP contribution in [0.5, 0.6) is 0 Å². The second-order valence-corrected chi connectivity index (χ2v) is 11.6. The molecular formula is C33H34F2N4O2S. The van der Waals surface area contributed by atoms with Crippen LogP contribution < -0.4 is 10.9 Å². The number of allylic oxidation sites excluding steroid dienone is 1. The molecule has 0 spiro atoms. The second kappa shape index (κ2) is 12.5. The first-order chi connectivity index (χ1) is 20.2. The van der Waals surface area contributed by atoms with Gasteiger partial charge >= 0.3 is 0 Å². The summed E-state index contributed by atoms with van der Waals surface area (Å²) in [4.78, 5) is 35.1. The summed E-state index contributed by atoms with van der Waals surface area (Å²) in [6.07, 6.45) is 0.0572. The predicted molar refractivity (Wildman–Crippen MR) is 166 cm³/mol. The normalized spacial score (nSPS) is 13.5. The SMILES string of the molecule is CCc1ccc(C)cc1-n1c(C=C(C)C)c(C(=O)N2CCNCC2)cc(-c2nc(-c3ccc(C(F)F)cc3)cs2)c1=O. The predicted octanol–water partition coefficient (Wildman–Crippen LogP) is 6.91. The van der Waals surface area contributed by atoms with Crippen molar-refractivity contribution in [3.63, 3.8) is 0 Å². The number of amides is 1. The van der Waals surface area contributed by atoms with Crippen molar-refractivity contribution in [1.29, 1.82) is 0 Å². The maximum absolute atomic E-state index is 14.5. The van der Waals surface area contributed by atoms with E-state index in [2.05, 4.69) is 5.32 Å². The molecule has 218 valence electrons. The lowest BCUT2D eigenvalue weighted by Crippen LogP contribution is -2.47. The highest BCUT2D eigenvalue weighted by molar-refractivity contribution is 7.13. The Kier molecular flexibility index (Phi) is 8.80. The monoisotopic (exact) mass is 588 g/mol. The van der Waals surface area contributed by atoms with Gasteiger partial charge in [0, 0.05) is 42.7 Å². The van der Waals surface area contributed by atoms with Gasteiger partial charge in [-0.2, -0.15) is 0 Å². The van der Waals surface area contributed by atoms with Crippen LogP contribution in [0.1, 0.15) is 59.9 Å². The third-order valence-corrected chi connectivity index (χ3v) is 8.23. The van der Waals surface area contributed by atoms with Crippen LogP contribution in [-0.2, 0) is 6.42 Å². The Morgan fingerprint density at radius 2 is 1.81 bits per heavy atom. The van der Waals surface area contributed by atoms with Gasteiger partial charge in [-0.1, -0.05) is 48.9 Å². The van der Waals surface area contributed by atoms with E-state index in [4.69, 9.17) is 4.98 Å². The Bertz CT molecular complexity index is 1700. The van der Waals surface area contributed by atoms with Crippen LogP contribution in [0.15, 0.2) is 64.3 Å². The zero-order valence-electron chi connectivity index (χ0n) is 24.2. The summed E-state index contributed by atoms with van der Waals surface area (Å²) in [5, 5.41) is 5.56. The molecule has 1 amide bonds. The highest BCUT2D eigenvalue weighted by atomic mass is 32.1. The van der Waals surface area contributed by atoms with Crippen molar-refractivity contribution in [2.24, 2.45) is 0 Å². The molecule has 2 aromatic carbocycles. The van der Waals surface area contributed by atoms with Crippen LogP contribution in [0.3, 0.4) is 0 Å². The van der Waals surface area contributed by atoms with Gasteiger partial charge in [-0.3, -0.25) is 14.2 Å². The highest BCUT2D eigenvalue weighted by Crippen LogP contribution is 2.32. The van der Waals surface area contributed by atoms with Gasteiger partial charge in [-0.05, 0) is 56.5 Å². The molecule has 0 bridgehead atoms. The molecule has 0 saturated carbocycles. The van der Waals surface area contributed by atoms with E-state index in [1.54, 1.807) is 22.8 Å². The van der Waals surface area contributed by atoms with Gasteiger partial charge in [-0.15, -0.1) is 11.3 Å². The van der Waals surface area contributed by atoms with Gasteiger partial charge in [0.25, 0.3) is 17.9 Å². The van der Waals surface area contributed by atoms with Gasteiger partial charge in [0.05, 0.1) is 28.2 Å². The first-order valence-corrected chi connectivity index (χ1v) is 14.9. The van der Waals surface area contributed by atoms with Crippen molar-refractivity contribution < 1.29 is 13.6 Å². The maximum atomic E-state index is 14.5. The summed E-state index contributed by atoms with van der Waals surface area (Å²) in [7, 11) is 0. The Morgan fingerprint density at radius 3 is 2.45 bits per heavy atom. The van der Waals surface area contributed by atoms with Gasteiger partial charge in [-0.25, -0.2) is 13.8 Å². The fourth-order valence-electron chi connectivity index (χ4n) is 5.16. The first-order valence-electron chi connectivity index (χ1n) is 14.1. The number of halogens is 2. The quantitative estimate of drug-likeness (QED) is 0.255. The number of thiazole rings is 1. The summed E-state index contributed by atoms with van der Waals surface area (Å²) in [6, 6.07) is 13.7. The molecule has 1 aliphatic rings. The molecule has 0 aliphatic carbocycles. The number of pyridine rings is 1. The third kappa shape index (κ3) is 5.98. The molecule has 42 heavy (non-hydrogen) atoms. The number of piperazine rings is 1. The average molecular weight is 589 g/mol. The lowest BCUT2D eigenvalue weighted by atomic mass is 10.0. The smallest absolute Gasteiger partial charge is 0.265 e. The molecule has 5 rings (SSSR count). The molecule has 0 radical (unpaired) electrons.